The highest BCUT2D eigenvalue weighted by Gasteiger charge is 2.34. The molecule has 3 atom stereocenters. The summed E-state index contributed by atoms with van der Waals surface area (Å²) in [4.78, 5) is 0. The van der Waals surface area contributed by atoms with E-state index in [4.69, 9.17) is 4.74 Å². The summed E-state index contributed by atoms with van der Waals surface area (Å²) in [6.45, 7) is 4.84. The van der Waals surface area contributed by atoms with Crippen molar-refractivity contribution >= 4 is 0 Å². The van der Waals surface area contributed by atoms with Crippen molar-refractivity contribution in [3.63, 3.8) is 0 Å². The number of hydrogen-bond acceptors (Lipinski definition) is 1. The van der Waals surface area contributed by atoms with Gasteiger partial charge in [-0.2, -0.15) is 0 Å². The van der Waals surface area contributed by atoms with Gasteiger partial charge in [0.25, 0.3) is 0 Å². The van der Waals surface area contributed by atoms with Gasteiger partial charge in [-0.15, -0.1) is 0 Å². The maximum Gasteiger partial charge on any atom is 0.119 e. The van der Waals surface area contributed by atoms with E-state index in [1.165, 1.54) is 50.5 Å². The van der Waals surface area contributed by atoms with E-state index in [1.807, 2.05) is 6.07 Å². The molecule has 0 unspecified atom stereocenters. The number of rotatable bonds is 5. The molecule has 0 N–H and O–H groups in total. The summed E-state index contributed by atoms with van der Waals surface area (Å²) >= 11 is 0. The zero-order valence-electron chi connectivity index (χ0n) is 17.3. The van der Waals surface area contributed by atoms with Gasteiger partial charge in [-0.05, 0) is 96.6 Å². The Balaban J connectivity index is 1.43. The second-order valence-electron chi connectivity index (χ2n) is 9.30. The SMILES string of the molecule is CC[C@@]1(C)CC[C@H](c2ccc3c(c2)CC[C@H](Cc2cccc(OC)c2)C3)C1. The average Bonchev–Trinajstić information content (AvgIpc) is 3.10. The van der Waals surface area contributed by atoms with E-state index < -0.39 is 0 Å². The van der Waals surface area contributed by atoms with Crippen LogP contribution in [0.5, 0.6) is 5.75 Å². The molecule has 0 aromatic heterocycles. The lowest BCUT2D eigenvalue weighted by Gasteiger charge is -2.26. The van der Waals surface area contributed by atoms with Crippen molar-refractivity contribution in [1.82, 2.24) is 0 Å². The molecule has 1 fully saturated rings. The fraction of sp³-hybridized carbons (Fsp3) is 0.538. The normalized spacial score (nSPS) is 27.4. The summed E-state index contributed by atoms with van der Waals surface area (Å²) in [7, 11) is 1.75. The van der Waals surface area contributed by atoms with Crippen molar-refractivity contribution in [2.24, 2.45) is 11.3 Å². The Morgan fingerprint density at radius 1 is 1.07 bits per heavy atom. The number of aryl methyl sites for hydroxylation is 1. The Hall–Kier alpha value is -1.76. The summed E-state index contributed by atoms with van der Waals surface area (Å²) in [6.07, 6.45) is 10.4. The van der Waals surface area contributed by atoms with Crippen molar-refractivity contribution in [2.45, 2.75) is 71.1 Å². The van der Waals surface area contributed by atoms with Crippen LogP contribution < -0.4 is 4.74 Å². The van der Waals surface area contributed by atoms with Crippen LogP contribution in [0.2, 0.25) is 0 Å². The molecule has 0 heterocycles. The van der Waals surface area contributed by atoms with E-state index in [-0.39, 0.29) is 0 Å². The average molecular weight is 363 g/mol. The van der Waals surface area contributed by atoms with Gasteiger partial charge in [-0.3, -0.25) is 0 Å². The van der Waals surface area contributed by atoms with Gasteiger partial charge in [0.05, 0.1) is 7.11 Å². The predicted octanol–water partition coefficient (Wildman–Crippen LogP) is 6.73. The van der Waals surface area contributed by atoms with Crippen LogP contribution in [-0.2, 0) is 19.3 Å². The van der Waals surface area contributed by atoms with Crippen molar-refractivity contribution < 1.29 is 4.74 Å². The third-order valence-electron chi connectivity index (χ3n) is 7.38. The van der Waals surface area contributed by atoms with E-state index in [0.717, 1.165) is 24.0 Å². The fourth-order valence-electron chi connectivity index (χ4n) is 5.34. The molecule has 1 nitrogen and oxygen atoms in total. The van der Waals surface area contributed by atoms with Crippen LogP contribution in [0.15, 0.2) is 42.5 Å². The first-order chi connectivity index (χ1) is 13.1. The molecule has 0 spiro atoms. The van der Waals surface area contributed by atoms with Gasteiger partial charge < -0.3 is 4.74 Å². The molecule has 1 heteroatoms. The van der Waals surface area contributed by atoms with Crippen molar-refractivity contribution in [1.29, 1.82) is 0 Å². The van der Waals surface area contributed by atoms with Crippen molar-refractivity contribution in [2.75, 3.05) is 7.11 Å². The molecular weight excluding hydrogens is 328 g/mol. The number of ether oxygens (including phenoxy) is 1. The van der Waals surface area contributed by atoms with Crippen LogP contribution >= 0.6 is 0 Å². The monoisotopic (exact) mass is 362 g/mol. The van der Waals surface area contributed by atoms with E-state index in [0.29, 0.717) is 5.41 Å². The lowest BCUT2D eigenvalue weighted by Crippen LogP contribution is -2.17. The molecule has 0 saturated heterocycles. The lowest BCUT2D eigenvalue weighted by atomic mass is 9.79. The third kappa shape index (κ3) is 4.08. The molecule has 27 heavy (non-hydrogen) atoms. The van der Waals surface area contributed by atoms with Gasteiger partial charge in [0.2, 0.25) is 0 Å². The van der Waals surface area contributed by atoms with E-state index >= 15 is 0 Å². The fourth-order valence-corrected chi connectivity index (χ4v) is 5.34. The Morgan fingerprint density at radius 2 is 1.96 bits per heavy atom. The Morgan fingerprint density at radius 3 is 2.74 bits per heavy atom. The Bertz CT molecular complexity index is 793. The summed E-state index contributed by atoms with van der Waals surface area (Å²) in [5.41, 5.74) is 6.80. The molecule has 144 valence electrons. The molecule has 0 radical (unpaired) electrons. The summed E-state index contributed by atoms with van der Waals surface area (Å²) in [6, 6.07) is 16.0. The second-order valence-corrected chi connectivity index (χ2v) is 9.30. The minimum atomic E-state index is 0.572. The van der Waals surface area contributed by atoms with Crippen molar-refractivity contribution in [3.8, 4) is 5.75 Å². The van der Waals surface area contributed by atoms with Crippen LogP contribution in [0, 0.1) is 11.3 Å². The topological polar surface area (TPSA) is 9.23 Å². The van der Waals surface area contributed by atoms with Gasteiger partial charge in [-0.1, -0.05) is 50.6 Å². The van der Waals surface area contributed by atoms with Crippen molar-refractivity contribution in [3.05, 3.63) is 64.7 Å². The highest BCUT2D eigenvalue weighted by atomic mass is 16.5. The molecule has 2 aromatic rings. The molecule has 2 aromatic carbocycles. The molecule has 0 amide bonds. The molecule has 2 aliphatic carbocycles. The molecule has 4 rings (SSSR count). The Kier molecular flexibility index (Phi) is 5.30. The van der Waals surface area contributed by atoms with Crippen LogP contribution in [-0.4, -0.2) is 7.11 Å². The highest BCUT2D eigenvalue weighted by molar-refractivity contribution is 5.37. The smallest absolute Gasteiger partial charge is 0.119 e. The molecule has 1 saturated carbocycles. The van der Waals surface area contributed by atoms with Crippen LogP contribution in [0.1, 0.15) is 74.1 Å². The summed E-state index contributed by atoms with van der Waals surface area (Å²) in [5, 5.41) is 0. The molecule has 0 bridgehead atoms. The standard InChI is InChI=1S/C26H34O/c1-4-26(2)13-12-24(18-26)23-11-10-21-15-20(8-9-22(21)17-23)14-19-6-5-7-25(16-19)27-3/h5-7,10-11,16-17,20,24H,4,8-9,12-15,18H2,1-3H3/t20-,24+,26+/m1/s1. The first kappa shape index (κ1) is 18.6. The molecular formula is C26H34O. The van der Waals surface area contributed by atoms with Gasteiger partial charge in [0.1, 0.15) is 5.75 Å². The predicted molar refractivity (Wildman–Crippen MR) is 114 cm³/mol. The van der Waals surface area contributed by atoms with Crippen LogP contribution in [0.3, 0.4) is 0 Å². The maximum atomic E-state index is 5.38. The first-order valence-electron chi connectivity index (χ1n) is 10.8. The van der Waals surface area contributed by atoms with Gasteiger partial charge in [0, 0.05) is 0 Å². The highest BCUT2D eigenvalue weighted by Crippen LogP contribution is 2.48. The molecule has 0 aliphatic heterocycles. The van der Waals surface area contributed by atoms with E-state index in [9.17, 15) is 0 Å². The minimum absolute atomic E-state index is 0.572. The first-order valence-corrected chi connectivity index (χ1v) is 10.8. The zero-order chi connectivity index (χ0) is 18.9. The summed E-state index contributed by atoms with van der Waals surface area (Å²) < 4.78 is 5.38. The largest absolute Gasteiger partial charge is 0.497 e. The van der Waals surface area contributed by atoms with Gasteiger partial charge in [0.15, 0.2) is 0 Å². The third-order valence-corrected chi connectivity index (χ3v) is 7.38. The molecule has 2 aliphatic rings. The quantitative estimate of drug-likeness (QED) is 0.573. The number of fused-ring (bicyclic) bond motifs is 1. The summed E-state index contributed by atoms with van der Waals surface area (Å²) in [5.74, 6) is 2.52. The number of hydrogen-bond donors (Lipinski definition) is 0. The van der Waals surface area contributed by atoms with E-state index in [2.05, 4.69) is 50.2 Å². The van der Waals surface area contributed by atoms with E-state index in [1.54, 1.807) is 23.8 Å². The Labute approximate surface area is 165 Å². The van der Waals surface area contributed by atoms with Gasteiger partial charge in [-0.25, -0.2) is 0 Å². The van der Waals surface area contributed by atoms with Crippen LogP contribution in [0.4, 0.5) is 0 Å². The second kappa shape index (κ2) is 7.70. The maximum absolute atomic E-state index is 5.38. The zero-order valence-corrected chi connectivity index (χ0v) is 17.3. The minimum Gasteiger partial charge on any atom is -0.497 e. The van der Waals surface area contributed by atoms with Crippen LogP contribution in [0.25, 0.3) is 0 Å². The lowest BCUT2D eigenvalue weighted by molar-refractivity contribution is 0.319. The van der Waals surface area contributed by atoms with Gasteiger partial charge >= 0.3 is 0 Å². The number of methoxy groups -OCH3 is 1. The number of benzene rings is 2.